The summed E-state index contributed by atoms with van der Waals surface area (Å²) in [5.74, 6) is -2.81. The van der Waals surface area contributed by atoms with Gasteiger partial charge in [-0.25, -0.2) is 4.79 Å². The number of amides is 2. The first-order valence-corrected chi connectivity index (χ1v) is 6.84. The summed E-state index contributed by atoms with van der Waals surface area (Å²) in [7, 11) is 0. The number of aliphatic carboxylic acids is 1. The molecular weight excluding hydrogens is 290 g/mol. The number of benzene rings is 1. The Bertz CT molecular complexity index is 635. The molecule has 1 fully saturated rings. The molecule has 116 valence electrons. The highest BCUT2D eigenvalue weighted by Gasteiger charge is 2.30. The van der Waals surface area contributed by atoms with Gasteiger partial charge in [0.2, 0.25) is 11.8 Å². The zero-order chi connectivity index (χ0) is 16.3. The number of aromatic carboxylic acids is 1. The second-order valence-electron chi connectivity index (χ2n) is 5.02. The number of carboxylic acids is 2. The lowest BCUT2D eigenvalue weighted by molar-refractivity contribution is -0.137. The van der Waals surface area contributed by atoms with Gasteiger partial charge in [0.15, 0.2) is 0 Å². The summed E-state index contributed by atoms with van der Waals surface area (Å²) in [5, 5.41) is 17.9. The predicted molar refractivity (Wildman–Crippen MR) is 75.7 cm³/mol. The molecule has 1 heterocycles. The minimum absolute atomic E-state index is 0.0182. The van der Waals surface area contributed by atoms with Gasteiger partial charge >= 0.3 is 11.9 Å². The number of carbonyl (C=O) groups excluding carboxylic acids is 2. The van der Waals surface area contributed by atoms with E-state index in [2.05, 4.69) is 0 Å². The van der Waals surface area contributed by atoms with Gasteiger partial charge in [0.05, 0.1) is 11.3 Å². The SMILES string of the molecule is O=C(O)CCCc1ccc(N2C(=O)CCC2=O)cc1C(=O)O. The lowest BCUT2D eigenvalue weighted by Crippen LogP contribution is -2.28. The van der Waals surface area contributed by atoms with E-state index in [-0.39, 0.29) is 42.3 Å². The number of aryl methyl sites for hydroxylation is 1. The molecule has 2 amide bonds. The van der Waals surface area contributed by atoms with Crippen LogP contribution < -0.4 is 4.90 Å². The molecule has 0 aliphatic carbocycles. The molecule has 0 spiro atoms. The van der Waals surface area contributed by atoms with Crippen molar-refractivity contribution >= 4 is 29.4 Å². The van der Waals surface area contributed by atoms with E-state index in [1.165, 1.54) is 18.2 Å². The van der Waals surface area contributed by atoms with Gasteiger partial charge in [0.25, 0.3) is 0 Å². The molecule has 7 nitrogen and oxygen atoms in total. The summed E-state index contributed by atoms with van der Waals surface area (Å²) in [5.41, 5.74) is 0.707. The van der Waals surface area contributed by atoms with Gasteiger partial charge in [-0.15, -0.1) is 0 Å². The Kier molecular flexibility index (Phi) is 4.55. The second-order valence-corrected chi connectivity index (χ2v) is 5.02. The summed E-state index contributed by atoms with van der Waals surface area (Å²) < 4.78 is 0. The van der Waals surface area contributed by atoms with Gasteiger partial charge in [-0.3, -0.25) is 19.3 Å². The second kappa shape index (κ2) is 6.38. The molecule has 0 bridgehead atoms. The third-order valence-corrected chi connectivity index (χ3v) is 3.47. The van der Waals surface area contributed by atoms with Crippen LogP contribution in [0.5, 0.6) is 0 Å². The standard InChI is InChI=1S/C15H15NO6/c17-12-6-7-13(18)16(12)10-5-4-9(2-1-3-14(19)20)11(8-10)15(21)22/h4-5,8H,1-3,6-7H2,(H,19,20)(H,21,22). The van der Waals surface area contributed by atoms with Crippen molar-refractivity contribution in [1.29, 1.82) is 0 Å². The lowest BCUT2D eigenvalue weighted by Gasteiger charge is -2.16. The maximum absolute atomic E-state index is 11.7. The Morgan fingerprint density at radius 2 is 1.73 bits per heavy atom. The summed E-state index contributed by atoms with van der Waals surface area (Å²) in [6, 6.07) is 4.34. The first-order valence-electron chi connectivity index (χ1n) is 6.84. The van der Waals surface area contributed by atoms with Gasteiger partial charge in [-0.1, -0.05) is 6.07 Å². The van der Waals surface area contributed by atoms with Crippen molar-refractivity contribution in [2.24, 2.45) is 0 Å². The van der Waals surface area contributed by atoms with Crippen LogP contribution in [0.15, 0.2) is 18.2 Å². The molecule has 1 aromatic rings. The molecule has 0 unspecified atom stereocenters. The van der Waals surface area contributed by atoms with E-state index in [9.17, 15) is 24.3 Å². The third kappa shape index (κ3) is 3.30. The van der Waals surface area contributed by atoms with E-state index in [1.807, 2.05) is 0 Å². The molecule has 1 saturated heterocycles. The molecule has 1 aliphatic heterocycles. The van der Waals surface area contributed by atoms with E-state index in [1.54, 1.807) is 0 Å². The molecule has 0 atom stereocenters. The van der Waals surface area contributed by atoms with Crippen molar-refractivity contribution in [3.05, 3.63) is 29.3 Å². The fourth-order valence-corrected chi connectivity index (χ4v) is 2.42. The lowest BCUT2D eigenvalue weighted by atomic mass is 10.0. The number of anilines is 1. The monoisotopic (exact) mass is 305 g/mol. The Morgan fingerprint density at radius 1 is 1.09 bits per heavy atom. The summed E-state index contributed by atoms with van der Waals surface area (Å²) >= 11 is 0. The highest BCUT2D eigenvalue weighted by molar-refractivity contribution is 6.20. The van der Waals surface area contributed by atoms with Gasteiger partial charge in [0.1, 0.15) is 0 Å². The Morgan fingerprint density at radius 3 is 2.27 bits per heavy atom. The van der Waals surface area contributed by atoms with E-state index >= 15 is 0 Å². The van der Waals surface area contributed by atoms with Crippen LogP contribution in [0.25, 0.3) is 0 Å². The van der Waals surface area contributed by atoms with Crippen LogP contribution in [0, 0.1) is 0 Å². The van der Waals surface area contributed by atoms with Crippen LogP contribution in [0.1, 0.15) is 41.6 Å². The number of carbonyl (C=O) groups is 4. The van der Waals surface area contributed by atoms with Crippen molar-refractivity contribution in [3.63, 3.8) is 0 Å². The molecule has 2 N–H and O–H groups in total. The van der Waals surface area contributed by atoms with Gasteiger partial charge in [0, 0.05) is 19.3 Å². The van der Waals surface area contributed by atoms with Crippen molar-refractivity contribution in [2.75, 3.05) is 4.90 Å². The van der Waals surface area contributed by atoms with Crippen molar-refractivity contribution < 1.29 is 29.4 Å². The van der Waals surface area contributed by atoms with E-state index < -0.39 is 11.9 Å². The van der Waals surface area contributed by atoms with E-state index in [0.717, 1.165) is 4.90 Å². The molecule has 1 aliphatic rings. The average molecular weight is 305 g/mol. The Balaban J connectivity index is 2.27. The molecule has 1 aromatic carbocycles. The summed E-state index contributed by atoms with van der Waals surface area (Å²) in [4.78, 5) is 46.2. The van der Waals surface area contributed by atoms with Crippen molar-refractivity contribution in [3.8, 4) is 0 Å². The normalized spacial score (nSPS) is 14.5. The molecule has 0 aromatic heterocycles. The number of rotatable bonds is 6. The number of carboxylic acid groups (broad SMARTS) is 2. The smallest absolute Gasteiger partial charge is 0.336 e. The number of imide groups is 1. The number of hydrogen-bond donors (Lipinski definition) is 2. The van der Waals surface area contributed by atoms with E-state index in [0.29, 0.717) is 18.4 Å². The quantitative estimate of drug-likeness (QED) is 0.769. The third-order valence-electron chi connectivity index (χ3n) is 3.47. The average Bonchev–Trinajstić information content (AvgIpc) is 2.78. The maximum atomic E-state index is 11.7. The topological polar surface area (TPSA) is 112 Å². The first kappa shape index (κ1) is 15.7. The highest BCUT2D eigenvalue weighted by atomic mass is 16.4. The summed E-state index contributed by atoms with van der Waals surface area (Å²) in [6.45, 7) is 0. The number of nitrogens with zero attached hydrogens (tertiary/aromatic N) is 1. The Hall–Kier alpha value is -2.70. The fraction of sp³-hybridized carbons (Fsp3) is 0.333. The van der Waals surface area contributed by atoms with Gasteiger partial charge in [-0.2, -0.15) is 0 Å². The van der Waals surface area contributed by atoms with Crippen LogP contribution in [0.3, 0.4) is 0 Å². The molecule has 2 rings (SSSR count). The molecule has 7 heteroatoms. The largest absolute Gasteiger partial charge is 0.481 e. The van der Waals surface area contributed by atoms with Crippen LogP contribution in [-0.2, 0) is 20.8 Å². The van der Waals surface area contributed by atoms with Crippen molar-refractivity contribution in [2.45, 2.75) is 32.1 Å². The summed E-state index contributed by atoms with van der Waals surface area (Å²) in [6.07, 6.45) is 0.819. The Labute approximate surface area is 126 Å². The molecule has 0 saturated carbocycles. The van der Waals surface area contributed by atoms with E-state index in [4.69, 9.17) is 5.11 Å². The molecule has 0 radical (unpaired) electrons. The first-order chi connectivity index (χ1) is 10.4. The minimum atomic E-state index is -1.17. The predicted octanol–water partition coefficient (Wildman–Crippen LogP) is 1.45. The maximum Gasteiger partial charge on any atom is 0.336 e. The zero-order valence-corrected chi connectivity index (χ0v) is 11.7. The molecule has 22 heavy (non-hydrogen) atoms. The minimum Gasteiger partial charge on any atom is -0.481 e. The fourth-order valence-electron chi connectivity index (χ4n) is 2.42. The zero-order valence-electron chi connectivity index (χ0n) is 11.7. The van der Waals surface area contributed by atoms with Gasteiger partial charge in [-0.05, 0) is 30.5 Å². The molecular formula is C15H15NO6. The van der Waals surface area contributed by atoms with Crippen LogP contribution in [-0.4, -0.2) is 34.0 Å². The van der Waals surface area contributed by atoms with Crippen LogP contribution in [0.2, 0.25) is 0 Å². The van der Waals surface area contributed by atoms with Crippen molar-refractivity contribution in [1.82, 2.24) is 0 Å². The van der Waals surface area contributed by atoms with Crippen LogP contribution >= 0.6 is 0 Å². The highest BCUT2D eigenvalue weighted by Crippen LogP contribution is 2.26. The van der Waals surface area contributed by atoms with Crippen LogP contribution in [0.4, 0.5) is 5.69 Å². The van der Waals surface area contributed by atoms with Gasteiger partial charge < -0.3 is 10.2 Å². The number of hydrogen-bond acceptors (Lipinski definition) is 4.